The van der Waals surface area contributed by atoms with Crippen molar-refractivity contribution in [3.8, 4) is 67.3 Å². The van der Waals surface area contributed by atoms with Gasteiger partial charge in [-0.3, -0.25) is 0 Å². The van der Waals surface area contributed by atoms with E-state index in [9.17, 15) is 0 Å². The molecule has 0 radical (unpaired) electrons. The zero-order chi connectivity index (χ0) is 37.0. The molecule has 0 N–H and O–H groups in total. The van der Waals surface area contributed by atoms with E-state index in [4.69, 9.17) is 9.97 Å². The maximum atomic E-state index is 5.27. The Labute approximate surface area is 332 Å². The van der Waals surface area contributed by atoms with Crippen LogP contribution < -0.4 is 0 Å². The van der Waals surface area contributed by atoms with Crippen LogP contribution in [0.15, 0.2) is 194 Å². The van der Waals surface area contributed by atoms with Gasteiger partial charge in [0.1, 0.15) is 0 Å². The van der Waals surface area contributed by atoms with Crippen molar-refractivity contribution in [1.29, 1.82) is 0 Å². The molecule has 0 aliphatic carbocycles. The maximum Gasteiger partial charge on any atom is 0.160 e. The molecule has 2 nitrogen and oxygen atoms in total. The lowest BCUT2D eigenvalue weighted by atomic mass is 9.90. The van der Waals surface area contributed by atoms with E-state index in [0.717, 1.165) is 28.1 Å². The third-order valence-corrected chi connectivity index (χ3v) is 13.2. The first-order valence-corrected chi connectivity index (χ1v) is 20.4. The van der Waals surface area contributed by atoms with Crippen LogP contribution in [0.4, 0.5) is 0 Å². The number of rotatable bonds is 6. The smallest absolute Gasteiger partial charge is 0.160 e. The average Bonchev–Trinajstić information content (AvgIpc) is 3.86. The Hall–Kier alpha value is -6.72. The molecule has 0 atom stereocenters. The van der Waals surface area contributed by atoms with E-state index >= 15 is 0 Å². The predicted octanol–water partition coefficient (Wildman–Crippen LogP) is 15.2. The minimum Gasteiger partial charge on any atom is -0.228 e. The van der Waals surface area contributed by atoms with Crippen molar-refractivity contribution in [2.24, 2.45) is 0 Å². The molecule has 8 aromatic carbocycles. The molecule has 262 valence electrons. The first-order chi connectivity index (χ1) is 27.7. The maximum absolute atomic E-state index is 5.27. The second-order valence-corrected chi connectivity index (χ2v) is 16.2. The van der Waals surface area contributed by atoms with Crippen LogP contribution >= 0.6 is 22.7 Å². The molecule has 0 saturated carbocycles. The van der Waals surface area contributed by atoms with E-state index in [-0.39, 0.29) is 0 Å². The minimum atomic E-state index is 0.706. The molecule has 0 unspecified atom stereocenters. The number of thiophene rings is 2. The second-order valence-electron chi connectivity index (χ2n) is 14.1. The SMILES string of the molecule is c1ccc(-c2ccc(-c3cc(-c4ccc(-c5cccc6c5sc5ccccc56)c(-c5cccc6c5sc5ccccc56)c4)nc(-c4ccccc4)n3)cc2)cc1. The van der Waals surface area contributed by atoms with Crippen molar-refractivity contribution in [2.75, 3.05) is 0 Å². The molecule has 3 aromatic heterocycles. The number of hydrogen-bond donors (Lipinski definition) is 0. The van der Waals surface area contributed by atoms with E-state index < -0.39 is 0 Å². The quantitative estimate of drug-likeness (QED) is 0.169. The van der Waals surface area contributed by atoms with Gasteiger partial charge < -0.3 is 0 Å². The predicted molar refractivity (Wildman–Crippen MR) is 240 cm³/mol. The molecule has 0 amide bonds. The fourth-order valence-electron chi connectivity index (χ4n) is 8.00. The number of benzene rings is 8. The van der Waals surface area contributed by atoms with Gasteiger partial charge in [0.25, 0.3) is 0 Å². The Morgan fingerprint density at radius 3 is 1.38 bits per heavy atom. The van der Waals surface area contributed by atoms with Crippen LogP contribution in [0.5, 0.6) is 0 Å². The van der Waals surface area contributed by atoms with Gasteiger partial charge in [0.15, 0.2) is 5.82 Å². The standard InChI is InChI=1S/C52H32N2S2/c1-3-13-33(14-4-1)34-25-27-35(28-26-34)46-32-47(54-52(53-46)36-15-5-2-6-16-36)37-29-30-38(41-19-11-20-42-39-17-7-9-23-48(39)55-50(41)42)45(31-37)44-22-12-21-43-40-18-8-10-24-49(40)56-51(43)44/h1-32H. The normalized spacial score (nSPS) is 11.6. The molecule has 11 rings (SSSR count). The molecule has 0 saturated heterocycles. The molecule has 4 heteroatoms. The summed E-state index contributed by atoms with van der Waals surface area (Å²) in [5.74, 6) is 0.706. The molecule has 0 bridgehead atoms. The highest BCUT2D eigenvalue weighted by Gasteiger charge is 2.19. The lowest BCUT2D eigenvalue weighted by molar-refractivity contribution is 1.18. The summed E-state index contributed by atoms with van der Waals surface area (Å²) >= 11 is 3.75. The minimum absolute atomic E-state index is 0.706. The zero-order valence-corrected chi connectivity index (χ0v) is 31.8. The number of hydrogen-bond acceptors (Lipinski definition) is 4. The van der Waals surface area contributed by atoms with Crippen LogP contribution in [-0.2, 0) is 0 Å². The van der Waals surface area contributed by atoms with Gasteiger partial charge in [-0.25, -0.2) is 9.97 Å². The lowest BCUT2D eigenvalue weighted by Crippen LogP contribution is -1.96. The van der Waals surface area contributed by atoms with Crippen LogP contribution in [0, 0.1) is 0 Å². The first-order valence-electron chi connectivity index (χ1n) is 18.8. The molecule has 0 aliphatic rings. The average molecular weight is 749 g/mol. The Morgan fingerprint density at radius 1 is 0.286 bits per heavy atom. The van der Waals surface area contributed by atoms with Crippen LogP contribution in [-0.4, -0.2) is 9.97 Å². The summed E-state index contributed by atoms with van der Waals surface area (Å²) in [6.07, 6.45) is 0. The lowest BCUT2D eigenvalue weighted by Gasteiger charge is -2.15. The highest BCUT2D eigenvalue weighted by Crippen LogP contribution is 2.47. The van der Waals surface area contributed by atoms with E-state index in [0.29, 0.717) is 5.82 Å². The highest BCUT2D eigenvalue weighted by atomic mass is 32.1. The summed E-state index contributed by atoms with van der Waals surface area (Å²) in [7, 11) is 0. The van der Waals surface area contributed by atoms with Gasteiger partial charge in [-0.2, -0.15) is 0 Å². The molecule has 0 fully saturated rings. The van der Waals surface area contributed by atoms with Crippen LogP contribution in [0.3, 0.4) is 0 Å². The third-order valence-electron chi connectivity index (χ3n) is 10.8. The summed E-state index contributed by atoms with van der Waals surface area (Å²) in [6.45, 7) is 0. The molecule has 3 heterocycles. The van der Waals surface area contributed by atoms with Crippen molar-refractivity contribution in [3.63, 3.8) is 0 Å². The summed E-state index contributed by atoms with van der Waals surface area (Å²) in [5, 5.41) is 5.18. The number of fused-ring (bicyclic) bond motifs is 6. The first kappa shape index (κ1) is 32.7. The van der Waals surface area contributed by atoms with Crippen molar-refractivity contribution in [2.45, 2.75) is 0 Å². The monoisotopic (exact) mass is 748 g/mol. The van der Waals surface area contributed by atoms with Gasteiger partial charge in [0.05, 0.1) is 11.4 Å². The zero-order valence-electron chi connectivity index (χ0n) is 30.2. The number of aromatic nitrogens is 2. The van der Waals surface area contributed by atoms with Crippen molar-refractivity contribution >= 4 is 63.0 Å². The van der Waals surface area contributed by atoms with Gasteiger partial charge in [0, 0.05) is 68.2 Å². The van der Waals surface area contributed by atoms with Crippen molar-refractivity contribution < 1.29 is 0 Å². The van der Waals surface area contributed by atoms with Crippen LogP contribution in [0.1, 0.15) is 0 Å². The summed E-state index contributed by atoms with van der Waals surface area (Å²) in [4.78, 5) is 10.4. The molecule has 0 spiro atoms. The summed E-state index contributed by atoms with van der Waals surface area (Å²) in [6, 6.07) is 69.6. The van der Waals surface area contributed by atoms with Crippen LogP contribution in [0.25, 0.3) is 108 Å². The fraction of sp³-hybridized carbons (Fsp3) is 0. The van der Waals surface area contributed by atoms with E-state index in [1.165, 1.54) is 73.7 Å². The molecule has 56 heavy (non-hydrogen) atoms. The largest absolute Gasteiger partial charge is 0.228 e. The van der Waals surface area contributed by atoms with Gasteiger partial charge in [-0.1, -0.05) is 170 Å². The van der Waals surface area contributed by atoms with E-state index in [1.54, 1.807) is 0 Å². The van der Waals surface area contributed by atoms with Crippen molar-refractivity contribution in [3.05, 3.63) is 194 Å². The molecular weight excluding hydrogens is 717 g/mol. The van der Waals surface area contributed by atoms with E-state index in [1.807, 2.05) is 40.9 Å². The topological polar surface area (TPSA) is 25.8 Å². The molecule has 0 aliphatic heterocycles. The third kappa shape index (κ3) is 5.62. The summed E-state index contributed by atoms with van der Waals surface area (Å²) < 4.78 is 5.20. The van der Waals surface area contributed by atoms with Gasteiger partial charge in [-0.05, 0) is 46.5 Å². The van der Waals surface area contributed by atoms with Gasteiger partial charge in [0.2, 0.25) is 0 Å². The van der Waals surface area contributed by atoms with Gasteiger partial charge >= 0.3 is 0 Å². The van der Waals surface area contributed by atoms with E-state index in [2.05, 4.69) is 176 Å². The molecular formula is C52H32N2S2. The number of nitrogens with zero attached hydrogens (tertiary/aromatic N) is 2. The molecule has 11 aromatic rings. The Balaban J connectivity index is 1.14. The highest BCUT2D eigenvalue weighted by molar-refractivity contribution is 7.26. The Bertz CT molecular complexity index is 3230. The van der Waals surface area contributed by atoms with Crippen LogP contribution in [0.2, 0.25) is 0 Å². The second kappa shape index (κ2) is 13.5. The fourth-order valence-corrected chi connectivity index (χ4v) is 10.5. The summed E-state index contributed by atoms with van der Waals surface area (Å²) in [5.41, 5.74) is 12.1. The van der Waals surface area contributed by atoms with Crippen molar-refractivity contribution in [1.82, 2.24) is 9.97 Å². The van der Waals surface area contributed by atoms with Gasteiger partial charge in [-0.15, -0.1) is 22.7 Å². The Kier molecular flexibility index (Phi) is 7.90. The Morgan fingerprint density at radius 2 is 0.750 bits per heavy atom.